The Hall–Kier alpha value is -0.870. The van der Waals surface area contributed by atoms with E-state index < -0.39 is 0 Å². The van der Waals surface area contributed by atoms with Gasteiger partial charge in [-0.05, 0) is 25.0 Å². The lowest BCUT2D eigenvalue weighted by Crippen LogP contribution is -2.17. The summed E-state index contributed by atoms with van der Waals surface area (Å²) in [5.74, 6) is 1.09. The van der Waals surface area contributed by atoms with E-state index in [1.54, 1.807) is 7.11 Å². The summed E-state index contributed by atoms with van der Waals surface area (Å²) in [6, 6.07) is 6.12. The van der Waals surface area contributed by atoms with Gasteiger partial charge in [-0.15, -0.1) is 0 Å². The summed E-state index contributed by atoms with van der Waals surface area (Å²) < 4.78 is 6.30. The molecule has 17 heavy (non-hydrogen) atoms. The van der Waals surface area contributed by atoms with Gasteiger partial charge in [0.25, 0.3) is 0 Å². The number of nitrogens with zero attached hydrogens (tertiary/aromatic N) is 1. The third-order valence-corrected chi connectivity index (χ3v) is 3.55. The van der Waals surface area contributed by atoms with Crippen molar-refractivity contribution in [1.29, 1.82) is 0 Å². The molecular formula is C13H17BrN2O. The van der Waals surface area contributed by atoms with Gasteiger partial charge in [0.15, 0.2) is 0 Å². The normalized spacial score (nSPS) is 15.5. The van der Waals surface area contributed by atoms with E-state index >= 15 is 0 Å². The monoisotopic (exact) mass is 296 g/mol. The summed E-state index contributed by atoms with van der Waals surface area (Å²) in [4.78, 5) is 4.51. The molecule has 0 bridgehead atoms. The highest BCUT2D eigenvalue weighted by atomic mass is 79.9. The Morgan fingerprint density at radius 3 is 3.00 bits per heavy atom. The van der Waals surface area contributed by atoms with Crippen LogP contribution in [0.25, 0.3) is 0 Å². The number of rotatable bonds is 3. The number of anilines is 1. The number of benzene rings is 1. The molecule has 3 nitrogen and oxygen atoms in total. The predicted molar refractivity (Wildman–Crippen MR) is 74.6 cm³/mol. The Bertz CT molecular complexity index is 418. The molecule has 2 rings (SSSR count). The Morgan fingerprint density at radius 2 is 2.29 bits per heavy atom. The van der Waals surface area contributed by atoms with Crippen LogP contribution < -0.4 is 5.32 Å². The Labute approximate surface area is 110 Å². The van der Waals surface area contributed by atoms with Gasteiger partial charge in [0, 0.05) is 35.8 Å². The predicted octanol–water partition coefficient (Wildman–Crippen LogP) is 3.59. The molecule has 0 spiro atoms. The van der Waals surface area contributed by atoms with E-state index in [-0.39, 0.29) is 0 Å². The molecule has 0 saturated heterocycles. The molecular weight excluding hydrogens is 280 g/mol. The molecule has 0 aliphatic carbocycles. The zero-order chi connectivity index (χ0) is 12.1. The van der Waals surface area contributed by atoms with Crippen LogP contribution in [-0.4, -0.2) is 19.5 Å². The maximum atomic E-state index is 5.23. The van der Waals surface area contributed by atoms with Crippen molar-refractivity contribution >= 4 is 27.5 Å². The SMILES string of the molecule is COCc1c(Br)cccc1NC1=NCCCC1. The van der Waals surface area contributed by atoms with Crippen molar-refractivity contribution in [2.45, 2.75) is 25.9 Å². The molecule has 92 valence electrons. The van der Waals surface area contributed by atoms with Crippen molar-refractivity contribution in [1.82, 2.24) is 0 Å². The standard InChI is InChI=1S/C13H17BrN2O/c1-17-9-10-11(14)5-4-6-12(10)16-13-7-2-3-8-15-13/h4-6H,2-3,7-9H2,1H3,(H,15,16). The van der Waals surface area contributed by atoms with Crippen LogP contribution in [0, 0.1) is 0 Å². The number of hydrogen-bond acceptors (Lipinski definition) is 3. The topological polar surface area (TPSA) is 33.6 Å². The largest absolute Gasteiger partial charge is 0.380 e. The van der Waals surface area contributed by atoms with Gasteiger partial charge in [-0.2, -0.15) is 0 Å². The summed E-state index contributed by atoms with van der Waals surface area (Å²) in [5.41, 5.74) is 2.23. The highest BCUT2D eigenvalue weighted by Crippen LogP contribution is 2.26. The molecule has 1 aromatic rings. The first kappa shape index (κ1) is 12.6. The van der Waals surface area contributed by atoms with E-state index in [0.29, 0.717) is 6.61 Å². The highest BCUT2D eigenvalue weighted by Gasteiger charge is 2.10. The van der Waals surface area contributed by atoms with Gasteiger partial charge in [-0.3, -0.25) is 4.99 Å². The van der Waals surface area contributed by atoms with E-state index in [0.717, 1.165) is 34.5 Å². The lowest BCUT2D eigenvalue weighted by atomic mass is 10.1. The minimum atomic E-state index is 0.594. The average Bonchev–Trinajstić information content (AvgIpc) is 2.35. The number of aliphatic imine (C=N–C) groups is 1. The van der Waals surface area contributed by atoms with Crippen LogP contribution >= 0.6 is 15.9 Å². The van der Waals surface area contributed by atoms with Gasteiger partial charge in [-0.25, -0.2) is 0 Å². The van der Waals surface area contributed by atoms with Crippen LogP contribution in [0.5, 0.6) is 0 Å². The summed E-state index contributed by atoms with van der Waals surface area (Å²) in [6.45, 7) is 1.53. The average molecular weight is 297 g/mol. The first-order valence-corrected chi connectivity index (χ1v) is 6.67. The van der Waals surface area contributed by atoms with E-state index in [1.807, 2.05) is 12.1 Å². The smallest absolute Gasteiger partial charge is 0.101 e. The van der Waals surface area contributed by atoms with Gasteiger partial charge in [0.05, 0.1) is 6.61 Å². The van der Waals surface area contributed by atoms with Gasteiger partial charge < -0.3 is 10.1 Å². The number of amidine groups is 1. The number of hydrogen-bond donors (Lipinski definition) is 1. The number of methoxy groups -OCH3 is 1. The van der Waals surface area contributed by atoms with Gasteiger partial charge in [0.1, 0.15) is 5.84 Å². The summed E-state index contributed by atoms with van der Waals surface area (Å²) >= 11 is 3.55. The van der Waals surface area contributed by atoms with E-state index in [1.165, 1.54) is 12.8 Å². The molecule has 1 heterocycles. The maximum Gasteiger partial charge on any atom is 0.101 e. The molecule has 1 N–H and O–H groups in total. The lowest BCUT2D eigenvalue weighted by molar-refractivity contribution is 0.185. The quantitative estimate of drug-likeness (QED) is 0.925. The second-order valence-electron chi connectivity index (χ2n) is 4.11. The second-order valence-corrected chi connectivity index (χ2v) is 4.96. The van der Waals surface area contributed by atoms with Crippen molar-refractivity contribution in [2.24, 2.45) is 4.99 Å². The molecule has 0 amide bonds. The fraction of sp³-hybridized carbons (Fsp3) is 0.462. The zero-order valence-electron chi connectivity index (χ0n) is 10.0. The molecule has 0 fully saturated rings. The molecule has 1 aromatic carbocycles. The van der Waals surface area contributed by atoms with E-state index in [2.05, 4.69) is 32.3 Å². The first-order chi connectivity index (χ1) is 8.31. The Balaban J connectivity index is 2.19. The van der Waals surface area contributed by atoms with Gasteiger partial charge >= 0.3 is 0 Å². The van der Waals surface area contributed by atoms with Crippen molar-refractivity contribution in [3.8, 4) is 0 Å². The number of nitrogens with one attached hydrogen (secondary N) is 1. The molecule has 1 aliphatic heterocycles. The zero-order valence-corrected chi connectivity index (χ0v) is 11.6. The van der Waals surface area contributed by atoms with Gasteiger partial charge in [-0.1, -0.05) is 22.0 Å². The van der Waals surface area contributed by atoms with Gasteiger partial charge in [0.2, 0.25) is 0 Å². The van der Waals surface area contributed by atoms with Crippen LogP contribution in [0.4, 0.5) is 5.69 Å². The lowest BCUT2D eigenvalue weighted by Gasteiger charge is -2.17. The minimum Gasteiger partial charge on any atom is -0.380 e. The second kappa shape index (κ2) is 6.17. The minimum absolute atomic E-state index is 0.594. The molecule has 0 radical (unpaired) electrons. The van der Waals surface area contributed by atoms with Crippen LogP contribution in [0.1, 0.15) is 24.8 Å². The van der Waals surface area contributed by atoms with Crippen LogP contribution in [0.2, 0.25) is 0 Å². The summed E-state index contributed by atoms with van der Waals surface area (Å²) in [7, 11) is 1.71. The summed E-state index contributed by atoms with van der Waals surface area (Å²) in [5, 5.41) is 3.42. The summed E-state index contributed by atoms with van der Waals surface area (Å²) in [6.07, 6.45) is 3.47. The van der Waals surface area contributed by atoms with E-state index in [4.69, 9.17) is 4.74 Å². The molecule has 0 atom stereocenters. The molecule has 0 saturated carbocycles. The molecule has 0 unspecified atom stereocenters. The van der Waals surface area contributed by atoms with Crippen LogP contribution in [-0.2, 0) is 11.3 Å². The van der Waals surface area contributed by atoms with Crippen LogP contribution in [0.15, 0.2) is 27.7 Å². The Kier molecular flexibility index (Phi) is 4.57. The van der Waals surface area contributed by atoms with Crippen LogP contribution in [0.3, 0.4) is 0 Å². The molecule has 4 heteroatoms. The Morgan fingerprint density at radius 1 is 1.41 bits per heavy atom. The first-order valence-electron chi connectivity index (χ1n) is 5.88. The van der Waals surface area contributed by atoms with Crippen molar-refractivity contribution in [3.63, 3.8) is 0 Å². The number of ether oxygens (including phenoxy) is 1. The highest BCUT2D eigenvalue weighted by molar-refractivity contribution is 9.10. The van der Waals surface area contributed by atoms with E-state index in [9.17, 15) is 0 Å². The van der Waals surface area contributed by atoms with Crippen molar-refractivity contribution in [2.75, 3.05) is 19.0 Å². The van der Waals surface area contributed by atoms with Crippen molar-refractivity contribution < 1.29 is 4.74 Å². The third-order valence-electron chi connectivity index (χ3n) is 2.81. The molecule has 1 aliphatic rings. The fourth-order valence-electron chi connectivity index (χ4n) is 1.92. The number of halogens is 1. The maximum absolute atomic E-state index is 5.23. The van der Waals surface area contributed by atoms with Crippen molar-refractivity contribution in [3.05, 3.63) is 28.2 Å². The molecule has 0 aromatic heterocycles. The third kappa shape index (κ3) is 3.30. The fourth-order valence-corrected chi connectivity index (χ4v) is 2.40.